The van der Waals surface area contributed by atoms with Gasteiger partial charge in [-0.25, -0.2) is 4.39 Å². The average Bonchev–Trinajstić information content (AvgIpc) is 2.41. The topological polar surface area (TPSA) is 86.5 Å². The number of rotatable bonds is 4. The molecule has 6 nitrogen and oxygen atoms in total. The summed E-state index contributed by atoms with van der Waals surface area (Å²) >= 11 is 2.83. The second-order valence-corrected chi connectivity index (χ2v) is 4.79. The highest BCUT2D eigenvalue weighted by Crippen LogP contribution is 2.20. The van der Waals surface area contributed by atoms with E-state index in [4.69, 9.17) is 0 Å². The van der Waals surface area contributed by atoms with E-state index in [-0.39, 0.29) is 15.9 Å². The molecule has 0 aliphatic heterocycles. The molecule has 21 heavy (non-hydrogen) atoms. The molecular weight excluding hydrogens is 349 g/mol. The third kappa shape index (κ3) is 6.94. The molecule has 0 aromatic heterocycles. The van der Waals surface area contributed by atoms with Gasteiger partial charge in [0, 0.05) is 12.1 Å². The Balaban J connectivity index is 0.000000384. The SMILES string of the molecule is CCOC(=O)C(C)C(C)=O.O=[N+]([O-])c1ccc(F)c(Br)c1. The molecule has 1 aromatic rings. The lowest BCUT2D eigenvalue weighted by atomic mass is 10.1. The molecule has 0 heterocycles. The molecule has 0 aliphatic rings. The van der Waals surface area contributed by atoms with Gasteiger partial charge in [0.25, 0.3) is 5.69 Å². The minimum atomic E-state index is -0.611. The zero-order valence-electron chi connectivity index (χ0n) is 11.8. The van der Waals surface area contributed by atoms with Crippen molar-refractivity contribution in [2.45, 2.75) is 20.8 Å². The minimum absolute atomic E-state index is 0.103. The quantitative estimate of drug-likeness (QED) is 0.354. The van der Waals surface area contributed by atoms with Crippen LogP contribution in [0.3, 0.4) is 0 Å². The lowest BCUT2D eigenvalue weighted by Crippen LogP contribution is -2.20. The lowest BCUT2D eigenvalue weighted by molar-refractivity contribution is -0.385. The zero-order chi connectivity index (χ0) is 16.6. The molecule has 1 rings (SSSR count). The third-order valence-corrected chi connectivity index (χ3v) is 2.97. The Labute approximate surface area is 129 Å². The van der Waals surface area contributed by atoms with E-state index in [1.165, 1.54) is 6.92 Å². The normalized spacial score (nSPS) is 10.9. The van der Waals surface area contributed by atoms with Crippen molar-refractivity contribution in [1.29, 1.82) is 0 Å². The Morgan fingerprint density at radius 1 is 1.48 bits per heavy atom. The van der Waals surface area contributed by atoms with Crippen molar-refractivity contribution >= 4 is 33.4 Å². The lowest BCUT2D eigenvalue weighted by Gasteiger charge is -2.04. The largest absolute Gasteiger partial charge is 0.465 e. The first-order chi connectivity index (χ1) is 9.70. The summed E-state index contributed by atoms with van der Waals surface area (Å²) < 4.78 is 17.2. The minimum Gasteiger partial charge on any atom is -0.465 e. The van der Waals surface area contributed by atoms with Gasteiger partial charge in [0.1, 0.15) is 17.5 Å². The molecule has 116 valence electrons. The maximum atomic E-state index is 12.5. The standard InChI is InChI=1S/C7H12O3.C6H3BrFNO2/c1-4-10-7(9)5(2)6(3)8;7-5-3-4(9(10)11)1-2-6(5)8/h5H,4H2,1-3H3;1-3H. The third-order valence-electron chi connectivity index (χ3n) is 2.36. The molecule has 0 spiro atoms. The van der Waals surface area contributed by atoms with Crippen molar-refractivity contribution < 1.29 is 23.6 Å². The van der Waals surface area contributed by atoms with E-state index in [1.54, 1.807) is 13.8 Å². The molecule has 8 heteroatoms. The number of ketones is 1. The van der Waals surface area contributed by atoms with Crippen LogP contribution in [0.4, 0.5) is 10.1 Å². The van der Waals surface area contributed by atoms with Gasteiger partial charge >= 0.3 is 5.97 Å². The Kier molecular flexibility index (Phi) is 8.37. The van der Waals surface area contributed by atoms with Gasteiger partial charge in [-0.3, -0.25) is 19.7 Å². The number of nitro groups is 1. The molecule has 0 N–H and O–H groups in total. The molecule has 0 bridgehead atoms. The number of ether oxygens (including phenoxy) is 1. The van der Waals surface area contributed by atoms with Gasteiger partial charge in [-0.2, -0.15) is 0 Å². The molecular formula is C13H15BrFNO5. The van der Waals surface area contributed by atoms with Crippen molar-refractivity contribution in [2.75, 3.05) is 6.61 Å². The molecule has 0 aliphatic carbocycles. The van der Waals surface area contributed by atoms with Crippen LogP contribution in [-0.4, -0.2) is 23.3 Å². The Morgan fingerprint density at radius 3 is 2.43 bits per heavy atom. The molecule has 0 amide bonds. The fraction of sp³-hybridized carbons (Fsp3) is 0.385. The predicted molar refractivity (Wildman–Crippen MR) is 77.2 cm³/mol. The summed E-state index contributed by atoms with van der Waals surface area (Å²) in [4.78, 5) is 30.8. The van der Waals surface area contributed by atoms with Crippen LogP contribution in [0.2, 0.25) is 0 Å². The number of nitro benzene ring substituents is 1. The maximum Gasteiger partial charge on any atom is 0.316 e. The second-order valence-electron chi connectivity index (χ2n) is 3.94. The summed E-state index contributed by atoms with van der Waals surface area (Å²) in [5, 5.41) is 10.1. The van der Waals surface area contributed by atoms with E-state index in [1.807, 2.05) is 0 Å². The van der Waals surface area contributed by atoms with E-state index in [9.17, 15) is 24.1 Å². The first-order valence-electron chi connectivity index (χ1n) is 5.97. The average molecular weight is 364 g/mol. The number of hydrogen-bond donors (Lipinski definition) is 0. The summed E-state index contributed by atoms with van der Waals surface area (Å²) in [6.45, 7) is 4.96. The summed E-state index contributed by atoms with van der Waals surface area (Å²) in [5.74, 6) is -1.70. The zero-order valence-corrected chi connectivity index (χ0v) is 13.3. The Morgan fingerprint density at radius 2 is 2.05 bits per heavy atom. The molecule has 0 fully saturated rings. The molecule has 0 saturated heterocycles. The smallest absolute Gasteiger partial charge is 0.316 e. The van der Waals surface area contributed by atoms with Gasteiger partial charge in [-0.15, -0.1) is 0 Å². The van der Waals surface area contributed by atoms with Crippen LogP contribution in [0.1, 0.15) is 20.8 Å². The van der Waals surface area contributed by atoms with E-state index < -0.39 is 22.6 Å². The number of esters is 1. The second kappa shape index (κ2) is 9.17. The fourth-order valence-corrected chi connectivity index (χ4v) is 1.40. The fourth-order valence-electron chi connectivity index (χ4n) is 1.03. The summed E-state index contributed by atoms with van der Waals surface area (Å²) in [5.41, 5.74) is -0.127. The highest BCUT2D eigenvalue weighted by atomic mass is 79.9. The summed E-state index contributed by atoms with van der Waals surface area (Å²) in [6, 6.07) is 3.28. The number of carbonyl (C=O) groups is 2. The van der Waals surface area contributed by atoms with Crippen molar-refractivity contribution in [3.05, 3.63) is 38.6 Å². The van der Waals surface area contributed by atoms with Crippen molar-refractivity contribution in [1.82, 2.24) is 0 Å². The van der Waals surface area contributed by atoms with Crippen LogP contribution in [-0.2, 0) is 14.3 Å². The summed E-state index contributed by atoms with van der Waals surface area (Å²) in [6.07, 6.45) is 0. The number of carbonyl (C=O) groups excluding carboxylic acids is 2. The first kappa shape index (κ1) is 19.2. The van der Waals surface area contributed by atoms with Crippen LogP contribution in [0.5, 0.6) is 0 Å². The van der Waals surface area contributed by atoms with Gasteiger partial charge in [0.15, 0.2) is 0 Å². The van der Waals surface area contributed by atoms with E-state index in [0.29, 0.717) is 6.61 Å². The summed E-state index contributed by atoms with van der Waals surface area (Å²) in [7, 11) is 0. The van der Waals surface area contributed by atoms with Crippen LogP contribution in [0.15, 0.2) is 22.7 Å². The number of non-ortho nitro benzene ring substituents is 1. The number of nitrogens with zero attached hydrogens (tertiary/aromatic N) is 1. The van der Waals surface area contributed by atoms with E-state index in [2.05, 4.69) is 20.7 Å². The molecule has 1 atom stereocenters. The maximum absolute atomic E-state index is 12.5. The Bertz CT molecular complexity index is 535. The van der Waals surface area contributed by atoms with Crippen molar-refractivity contribution in [3.63, 3.8) is 0 Å². The number of halogens is 2. The van der Waals surface area contributed by atoms with Crippen molar-refractivity contribution in [3.8, 4) is 0 Å². The van der Waals surface area contributed by atoms with Gasteiger partial charge in [0.05, 0.1) is 16.0 Å². The van der Waals surface area contributed by atoms with Crippen LogP contribution in [0, 0.1) is 21.8 Å². The number of benzene rings is 1. The van der Waals surface area contributed by atoms with Crippen LogP contribution < -0.4 is 0 Å². The Hall–Kier alpha value is -1.83. The molecule has 0 saturated carbocycles. The molecule has 1 aromatic carbocycles. The van der Waals surface area contributed by atoms with Gasteiger partial charge in [-0.05, 0) is 42.8 Å². The first-order valence-corrected chi connectivity index (χ1v) is 6.76. The number of Topliss-reactive ketones (excluding diaryl/α,β-unsaturated/α-hetero) is 1. The highest BCUT2D eigenvalue weighted by molar-refractivity contribution is 9.10. The van der Waals surface area contributed by atoms with Gasteiger partial charge in [0.2, 0.25) is 0 Å². The van der Waals surface area contributed by atoms with Crippen LogP contribution in [0.25, 0.3) is 0 Å². The van der Waals surface area contributed by atoms with E-state index in [0.717, 1.165) is 18.2 Å². The van der Waals surface area contributed by atoms with Gasteiger partial charge in [-0.1, -0.05) is 0 Å². The predicted octanol–water partition coefficient (Wildman–Crippen LogP) is 3.27. The van der Waals surface area contributed by atoms with E-state index >= 15 is 0 Å². The van der Waals surface area contributed by atoms with Crippen LogP contribution >= 0.6 is 15.9 Å². The number of hydrogen-bond acceptors (Lipinski definition) is 5. The van der Waals surface area contributed by atoms with Crippen molar-refractivity contribution in [2.24, 2.45) is 5.92 Å². The highest BCUT2D eigenvalue weighted by Gasteiger charge is 2.17. The molecule has 1 unspecified atom stereocenters. The monoisotopic (exact) mass is 363 g/mol. The van der Waals surface area contributed by atoms with Gasteiger partial charge < -0.3 is 4.74 Å². The molecule has 0 radical (unpaired) electrons.